The molecule has 1 amide bonds. The maximum atomic E-state index is 12.1. The molecule has 0 aliphatic carbocycles. The minimum absolute atomic E-state index is 0.146. The van der Waals surface area contributed by atoms with Crippen LogP contribution in [0.2, 0.25) is 0 Å². The predicted molar refractivity (Wildman–Crippen MR) is 72.5 cm³/mol. The highest BCUT2D eigenvalue weighted by Crippen LogP contribution is 2.07. The Morgan fingerprint density at radius 1 is 1.56 bits per heavy atom. The maximum absolute atomic E-state index is 12.1. The van der Waals surface area contributed by atoms with E-state index in [9.17, 15) is 4.79 Å². The van der Waals surface area contributed by atoms with Crippen LogP contribution in [-0.2, 0) is 4.74 Å². The van der Waals surface area contributed by atoms with Gasteiger partial charge in [0.25, 0.3) is 5.91 Å². The number of rotatable bonds is 8. The summed E-state index contributed by atoms with van der Waals surface area (Å²) in [6.45, 7) is 1.70. The smallest absolute Gasteiger partial charge is 0.289 e. The number of carbonyl (C=O) groups is 1. The second kappa shape index (κ2) is 7.84. The Hall–Kier alpha value is -1.40. The summed E-state index contributed by atoms with van der Waals surface area (Å²) in [5.74, 6) is 0.183. The molecule has 0 aliphatic rings. The van der Waals surface area contributed by atoms with Gasteiger partial charge >= 0.3 is 0 Å². The van der Waals surface area contributed by atoms with E-state index in [2.05, 4.69) is 0 Å². The fourth-order valence-electron chi connectivity index (χ4n) is 1.52. The lowest BCUT2D eigenvalue weighted by Crippen LogP contribution is -2.34. The number of thiocarbonyl (C=S) groups is 1. The second-order valence-corrected chi connectivity index (χ2v) is 4.36. The Morgan fingerprint density at radius 3 is 2.89 bits per heavy atom. The van der Waals surface area contributed by atoms with Crippen LogP contribution in [0, 0.1) is 0 Å². The predicted octanol–water partition coefficient (Wildman–Crippen LogP) is 1.43. The Balaban J connectivity index is 2.57. The molecule has 100 valence electrons. The first-order valence-corrected chi connectivity index (χ1v) is 6.16. The molecule has 0 saturated carbocycles. The van der Waals surface area contributed by atoms with Crippen molar-refractivity contribution >= 4 is 23.1 Å². The number of hydrogen-bond donors (Lipinski definition) is 1. The van der Waals surface area contributed by atoms with Crippen LogP contribution in [0.15, 0.2) is 22.8 Å². The zero-order valence-electron chi connectivity index (χ0n) is 10.4. The summed E-state index contributed by atoms with van der Waals surface area (Å²) >= 11 is 4.83. The van der Waals surface area contributed by atoms with E-state index in [0.717, 1.165) is 6.42 Å². The summed E-state index contributed by atoms with van der Waals surface area (Å²) in [6.07, 6.45) is 2.75. The molecule has 6 heteroatoms. The van der Waals surface area contributed by atoms with Crippen LogP contribution in [0.5, 0.6) is 0 Å². The molecular weight excluding hydrogens is 252 g/mol. The zero-order valence-corrected chi connectivity index (χ0v) is 11.2. The lowest BCUT2D eigenvalue weighted by Gasteiger charge is -2.21. The van der Waals surface area contributed by atoms with Gasteiger partial charge < -0.3 is 19.8 Å². The minimum atomic E-state index is -0.146. The van der Waals surface area contributed by atoms with E-state index in [-0.39, 0.29) is 5.91 Å². The summed E-state index contributed by atoms with van der Waals surface area (Å²) < 4.78 is 10.1. The van der Waals surface area contributed by atoms with Crippen molar-refractivity contribution in [1.82, 2.24) is 4.90 Å². The third-order valence-corrected chi connectivity index (χ3v) is 2.63. The SMILES string of the molecule is COCCCN(CCC(N)=S)C(=O)c1ccco1. The van der Waals surface area contributed by atoms with Crippen LogP contribution in [0.1, 0.15) is 23.4 Å². The van der Waals surface area contributed by atoms with E-state index in [1.54, 1.807) is 24.1 Å². The molecule has 1 aromatic heterocycles. The highest BCUT2D eigenvalue weighted by molar-refractivity contribution is 7.80. The fraction of sp³-hybridized carbons (Fsp3) is 0.500. The van der Waals surface area contributed by atoms with E-state index in [4.69, 9.17) is 27.1 Å². The molecule has 0 bridgehead atoms. The quantitative estimate of drug-likeness (QED) is 0.572. The molecule has 0 unspecified atom stereocenters. The van der Waals surface area contributed by atoms with Crippen molar-refractivity contribution in [3.8, 4) is 0 Å². The molecule has 0 fully saturated rings. The molecular formula is C12H18N2O3S. The van der Waals surface area contributed by atoms with Crippen molar-refractivity contribution in [2.75, 3.05) is 26.8 Å². The molecule has 0 spiro atoms. The average molecular weight is 270 g/mol. The first-order valence-electron chi connectivity index (χ1n) is 5.75. The minimum Gasteiger partial charge on any atom is -0.459 e. The van der Waals surface area contributed by atoms with Crippen molar-refractivity contribution in [2.24, 2.45) is 5.73 Å². The van der Waals surface area contributed by atoms with Crippen LogP contribution in [-0.4, -0.2) is 42.6 Å². The monoisotopic (exact) mass is 270 g/mol. The van der Waals surface area contributed by atoms with Crippen LogP contribution < -0.4 is 5.73 Å². The lowest BCUT2D eigenvalue weighted by molar-refractivity contribution is 0.0710. The zero-order chi connectivity index (χ0) is 13.4. The Kier molecular flexibility index (Phi) is 6.38. The maximum Gasteiger partial charge on any atom is 0.289 e. The topological polar surface area (TPSA) is 68.7 Å². The fourth-order valence-corrected chi connectivity index (χ4v) is 1.61. The van der Waals surface area contributed by atoms with Crippen molar-refractivity contribution in [3.05, 3.63) is 24.2 Å². The van der Waals surface area contributed by atoms with Gasteiger partial charge in [-0.15, -0.1) is 0 Å². The van der Waals surface area contributed by atoms with Gasteiger partial charge in [0.15, 0.2) is 5.76 Å². The number of nitrogens with zero attached hydrogens (tertiary/aromatic N) is 1. The van der Waals surface area contributed by atoms with Crippen molar-refractivity contribution in [3.63, 3.8) is 0 Å². The normalized spacial score (nSPS) is 10.3. The van der Waals surface area contributed by atoms with Gasteiger partial charge in [-0.25, -0.2) is 0 Å². The highest BCUT2D eigenvalue weighted by Gasteiger charge is 2.17. The van der Waals surface area contributed by atoms with Crippen LogP contribution in [0.3, 0.4) is 0 Å². The molecule has 0 aromatic carbocycles. The van der Waals surface area contributed by atoms with Gasteiger partial charge in [0.2, 0.25) is 0 Å². The largest absolute Gasteiger partial charge is 0.459 e. The summed E-state index contributed by atoms with van der Waals surface area (Å²) in [5, 5.41) is 0. The summed E-state index contributed by atoms with van der Waals surface area (Å²) in [4.78, 5) is 14.2. The van der Waals surface area contributed by atoms with Gasteiger partial charge in [0.1, 0.15) is 0 Å². The number of ether oxygens (including phenoxy) is 1. The van der Waals surface area contributed by atoms with Crippen molar-refractivity contribution in [1.29, 1.82) is 0 Å². The van der Waals surface area contributed by atoms with Gasteiger partial charge in [-0.2, -0.15) is 0 Å². The summed E-state index contributed by atoms with van der Waals surface area (Å²) in [7, 11) is 1.63. The molecule has 1 rings (SSSR count). The first-order chi connectivity index (χ1) is 8.65. The number of amides is 1. The van der Waals surface area contributed by atoms with Crippen molar-refractivity contribution in [2.45, 2.75) is 12.8 Å². The van der Waals surface area contributed by atoms with Crippen molar-refractivity contribution < 1.29 is 13.9 Å². The molecule has 1 aromatic rings. The third-order valence-electron chi connectivity index (χ3n) is 2.42. The first kappa shape index (κ1) is 14.7. The van der Waals surface area contributed by atoms with Crippen LogP contribution in [0.4, 0.5) is 0 Å². The van der Waals surface area contributed by atoms with E-state index in [1.807, 2.05) is 0 Å². The molecule has 0 aliphatic heterocycles. The Bertz CT molecular complexity index is 379. The summed E-state index contributed by atoms with van der Waals surface area (Å²) in [6, 6.07) is 3.33. The second-order valence-electron chi connectivity index (χ2n) is 3.83. The van der Waals surface area contributed by atoms with Gasteiger partial charge in [-0.05, 0) is 18.6 Å². The average Bonchev–Trinajstić information content (AvgIpc) is 2.86. The molecule has 2 N–H and O–H groups in total. The van der Waals surface area contributed by atoms with Gasteiger partial charge in [0.05, 0.1) is 11.3 Å². The van der Waals surface area contributed by atoms with E-state index in [0.29, 0.717) is 36.9 Å². The summed E-state index contributed by atoms with van der Waals surface area (Å²) in [5.41, 5.74) is 5.46. The molecule has 5 nitrogen and oxygen atoms in total. The van der Waals surface area contributed by atoms with E-state index < -0.39 is 0 Å². The molecule has 0 atom stereocenters. The number of methoxy groups -OCH3 is 1. The Labute approximate surface area is 112 Å². The van der Waals surface area contributed by atoms with E-state index in [1.165, 1.54) is 6.26 Å². The molecule has 0 radical (unpaired) electrons. The van der Waals surface area contributed by atoms with Gasteiger partial charge in [-0.3, -0.25) is 4.79 Å². The van der Waals surface area contributed by atoms with Gasteiger partial charge in [0, 0.05) is 33.2 Å². The highest BCUT2D eigenvalue weighted by atomic mass is 32.1. The van der Waals surface area contributed by atoms with E-state index >= 15 is 0 Å². The number of nitrogens with two attached hydrogens (primary N) is 1. The van der Waals surface area contributed by atoms with Crippen LogP contribution >= 0.6 is 12.2 Å². The third kappa shape index (κ3) is 4.85. The molecule has 0 saturated heterocycles. The number of furan rings is 1. The van der Waals surface area contributed by atoms with Gasteiger partial charge in [-0.1, -0.05) is 12.2 Å². The molecule has 1 heterocycles. The Morgan fingerprint density at radius 2 is 2.33 bits per heavy atom. The van der Waals surface area contributed by atoms with Crippen LogP contribution in [0.25, 0.3) is 0 Å². The molecule has 18 heavy (non-hydrogen) atoms. The number of hydrogen-bond acceptors (Lipinski definition) is 4. The standard InChI is InChI=1S/C12H18N2O3S/c1-16-8-3-6-14(7-5-11(13)18)12(15)10-4-2-9-17-10/h2,4,9H,3,5-8H2,1H3,(H2,13,18). The number of carbonyl (C=O) groups excluding carboxylic acids is 1. The lowest BCUT2D eigenvalue weighted by atomic mass is 10.3.